The molecule has 21 nitrogen and oxygen atoms in total. The van der Waals surface area contributed by atoms with Crippen LogP contribution in [-0.2, 0) is 20.8 Å². The molecule has 0 saturated heterocycles. The van der Waals surface area contributed by atoms with Crippen molar-refractivity contribution < 1.29 is 78.1 Å². The molecule has 108 heavy (non-hydrogen) atoms. The van der Waals surface area contributed by atoms with Crippen molar-refractivity contribution in [2.45, 2.75) is 48.1 Å². The Hall–Kier alpha value is -11.9. The van der Waals surface area contributed by atoms with E-state index in [1.54, 1.807) is 108 Å². The maximum absolute atomic E-state index is 15.5. The molecule has 0 aliphatic rings. The molecule has 13 rings (SSSR count). The summed E-state index contributed by atoms with van der Waals surface area (Å²) in [6.45, 7) is 9.65. The number of pyridine rings is 4. The second kappa shape index (κ2) is 31.6. The van der Waals surface area contributed by atoms with Gasteiger partial charge in [-0.3, -0.25) is 23.5 Å². The van der Waals surface area contributed by atoms with E-state index in [0.29, 0.717) is 21.5 Å². The lowest BCUT2D eigenvalue weighted by molar-refractivity contribution is 0.0464. The molecule has 33 heteroatoms. The van der Waals surface area contributed by atoms with Crippen LogP contribution in [0.2, 0.25) is 20.1 Å². The molecule has 0 aliphatic heterocycles. The van der Waals surface area contributed by atoms with Crippen LogP contribution in [0.25, 0.3) is 88.6 Å². The van der Waals surface area contributed by atoms with Gasteiger partial charge in [-0.05, 0) is 54.1 Å². The van der Waals surface area contributed by atoms with E-state index in [1.807, 2.05) is 6.07 Å². The molecule has 0 aliphatic carbocycles. The lowest BCUT2D eigenvalue weighted by atomic mass is 9.95. The number of carbonyl (C=O) groups excluding carboxylic acids is 6. The predicted molar refractivity (Wildman–Crippen MR) is 395 cm³/mol. The fraction of sp³-hybridized carbons (Fsp3) is 0.147. The van der Waals surface area contributed by atoms with Gasteiger partial charge in [-0.15, -0.1) is 0 Å². The number of fused-ring (bicyclic) bond motifs is 4. The van der Waals surface area contributed by atoms with Crippen molar-refractivity contribution in [3.8, 4) is 45.0 Å². The highest BCUT2D eigenvalue weighted by molar-refractivity contribution is 6.37. The van der Waals surface area contributed by atoms with Gasteiger partial charge in [0.15, 0.2) is 69.4 Å². The third kappa shape index (κ3) is 15.0. The first-order valence-electron chi connectivity index (χ1n) is 31.7. The highest BCUT2D eigenvalue weighted by atomic mass is 35.5. The molecule has 556 valence electrons. The normalized spacial score (nSPS) is 11.3. The number of Topliss-reactive ketones (excluding diaryl/α,β-unsaturated/α-hetero) is 1. The molecule has 0 atom stereocenters. The van der Waals surface area contributed by atoms with Gasteiger partial charge in [0, 0.05) is 86.8 Å². The number of methoxy groups -OCH3 is 2. The topological polar surface area (TPSA) is 327 Å². The number of H-pyrrole nitrogens is 2. The number of benzene rings is 5. The number of hydrogen-bond donors (Lipinski definition) is 6. The predicted octanol–water partition coefficient (Wildman–Crippen LogP) is 18.0. The quantitative estimate of drug-likeness (QED) is 0.0303. The minimum atomic E-state index is -1.08. The van der Waals surface area contributed by atoms with Crippen LogP contribution < -0.4 is 22.9 Å². The molecule has 13 aromatic rings. The van der Waals surface area contributed by atoms with E-state index in [0.717, 1.165) is 24.4 Å². The van der Waals surface area contributed by atoms with Crippen LogP contribution in [0.3, 0.4) is 0 Å². The summed E-state index contributed by atoms with van der Waals surface area (Å²) in [5, 5.41) is 0.635. The van der Waals surface area contributed by atoms with Crippen LogP contribution in [0, 0.1) is 57.9 Å². The van der Waals surface area contributed by atoms with Gasteiger partial charge in [0.1, 0.15) is 35.1 Å². The van der Waals surface area contributed by atoms with Gasteiger partial charge >= 0.3 is 17.9 Å². The Balaban J connectivity index is 0.000000154. The van der Waals surface area contributed by atoms with E-state index in [2.05, 4.69) is 39.4 Å². The van der Waals surface area contributed by atoms with Crippen molar-refractivity contribution in [1.82, 2.24) is 39.0 Å². The first-order chi connectivity index (χ1) is 51.1. The van der Waals surface area contributed by atoms with E-state index < -0.39 is 137 Å². The zero-order valence-corrected chi connectivity index (χ0v) is 60.6. The van der Waals surface area contributed by atoms with Crippen molar-refractivity contribution in [3.05, 3.63) is 223 Å². The minimum absolute atomic E-state index is 0.0226. The van der Waals surface area contributed by atoms with Gasteiger partial charge in [-0.25, -0.2) is 69.4 Å². The van der Waals surface area contributed by atoms with Gasteiger partial charge in [-0.1, -0.05) is 136 Å². The molecule has 10 N–H and O–H groups in total. The molecule has 0 unspecified atom stereocenters. The summed E-state index contributed by atoms with van der Waals surface area (Å²) in [4.78, 5) is 93.9. The average Bonchev–Trinajstić information content (AvgIpc) is 1.45. The summed E-state index contributed by atoms with van der Waals surface area (Å²) in [5.41, 5.74) is 16.8. The summed E-state index contributed by atoms with van der Waals surface area (Å²) in [5.74, 6) is -11.6. The van der Waals surface area contributed by atoms with Crippen molar-refractivity contribution in [2.75, 3.05) is 37.2 Å². The number of nitrogens with one attached hydrogen (secondary N) is 2. The summed E-state index contributed by atoms with van der Waals surface area (Å²) < 4.78 is 135. The van der Waals surface area contributed by atoms with E-state index in [9.17, 15) is 55.1 Å². The third-order valence-electron chi connectivity index (χ3n) is 16.5. The Labute approximate surface area is 626 Å². The Morgan fingerprint density at radius 1 is 0.454 bits per heavy atom. The average molecular weight is 1570 g/mol. The van der Waals surface area contributed by atoms with Crippen molar-refractivity contribution in [2.24, 2.45) is 11.3 Å². The highest BCUT2D eigenvalue weighted by Crippen LogP contribution is 2.41. The number of esters is 3. The summed E-state index contributed by atoms with van der Waals surface area (Å²) >= 11 is 23.6. The molecule has 0 fully saturated rings. The number of rotatable bonds is 11. The largest absolute Gasteiger partial charge is 0.464 e. The molecule has 0 amide bonds. The fourth-order valence-electron chi connectivity index (χ4n) is 10.9. The zero-order chi connectivity index (χ0) is 79.0. The number of aromatic amines is 2. The Morgan fingerprint density at radius 2 is 0.796 bits per heavy atom. The molecular weight excluding hydrogens is 1510 g/mol. The molecule has 5 aromatic carbocycles. The number of ether oxygens (including phenoxy) is 3. The minimum Gasteiger partial charge on any atom is -0.464 e. The van der Waals surface area contributed by atoms with E-state index in [1.165, 1.54) is 60.3 Å². The van der Waals surface area contributed by atoms with Crippen LogP contribution in [0.15, 0.2) is 128 Å². The van der Waals surface area contributed by atoms with Crippen LogP contribution in [0.1, 0.15) is 98.6 Å². The SMILES string of the molecule is CC(=O)c1nc(-c2ccc3cc[nH]c3c2F)c(F)c(N)c1Cl.COC(=O)c1nc(-c2ccc3ccn(C(=O)C(C)(C)C)c3c2F)c(F)c(N)c1Cl.COC(=O)c1nc(-c2ccc3ccn(C(=O)C(C)C)c3c2F)c(F)c(N)c1Cl.Nc1c(F)c(-c2ccc3cc[nH]c3c2F)nc(C(=O)OCc2ccccc2)c1Cl. The smallest absolute Gasteiger partial charge is 0.358 e. The van der Waals surface area contributed by atoms with Crippen LogP contribution in [-0.4, -0.2) is 88.8 Å². The molecule has 8 heterocycles. The van der Waals surface area contributed by atoms with Gasteiger partial charge in [0.2, 0.25) is 11.8 Å². The Bertz CT molecular complexity index is 5850. The van der Waals surface area contributed by atoms with Gasteiger partial charge in [0.05, 0.1) is 79.1 Å². The van der Waals surface area contributed by atoms with Gasteiger partial charge in [-0.2, -0.15) is 0 Å². The second-order valence-electron chi connectivity index (χ2n) is 24.9. The molecule has 8 aromatic heterocycles. The first kappa shape index (κ1) is 78.7. The van der Waals surface area contributed by atoms with Gasteiger partial charge < -0.3 is 47.1 Å². The first-order valence-corrected chi connectivity index (χ1v) is 33.2. The number of halogens is 12. The standard InChI is InChI=1S/C21H14ClF2N3O2.C20H18ClF2N3O3.C19H16ClF2N3O3.C15H10ClF2N3O/c22-14-17(25)16(24)19(13-7-6-12-8-9-26-18(12)15(13)23)27-20(14)21(28)29-10-11-4-2-1-3-5-11;1-20(2,3)19(28)26-8-7-9-5-6-10(12(22)17(9)26)15-13(23)14(24)11(21)16(25-15)18(27)29-4;1-8(2)18(26)25-7-6-9-4-5-10(12(21)17(9)25)15-13(22)14(23)11(20)16(24-15)19(27)28-3;1-6(22)13-9(16)12(19)11(18)15(21-13)8-3-2-7-4-5-20-14(7)10(8)17/h1-9,26H,10H2,(H2,25,27);5-8H,1-4H3,(H2,24,25);4-8H,1-3H3,(H2,23,24);2-5,20H,1H3,(H2,19,21). The van der Waals surface area contributed by atoms with E-state index in [4.69, 9.17) is 74.1 Å². The third-order valence-corrected chi connectivity index (χ3v) is 18.0. The Kier molecular flexibility index (Phi) is 23.0. The lowest BCUT2D eigenvalue weighted by Gasteiger charge is -2.18. The lowest BCUT2D eigenvalue weighted by Crippen LogP contribution is -2.26. The molecular formula is C75H58Cl4F8N12O9. The van der Waals surface area contributed by atoms with Crippen LogP contribution in [0.5, 0.6) is 0 Å². The van der Waals surface area contributed by atoms with Crippen molar-refractivity contribution in [3.63, 3.8) is 0 Å². The number of nitrogen functional groups attached to an aromatic ring is 4. The number of carbonyl (C=O) groups is 6. The van der Waals surface area contributed by atoms with E-state index in [-0.39, 0.29) is 95.8 Å². The van der Waals surface area contributed by atoms with Crippen molar-refractivity contribution >= 4 is 148 Å². The summed E-state index contributed by atoms with van der Waals surface area (Å²) in [6.07, 6.45) is 6.02. The number of ketones is 1. The number of nitrogens with zero attached hydrogens (tertiary/aromatic N) is 6. The summed E-state index contributed by atoms with van der Waals surface area (Å²) in [7, 11) is 2.19. The number of anilines is 4. The van der Waals surface area contributed by atoms with E-state index >= 15 is 8.78 Å². The van der Waals surface area contributed by atoms with Crippen LogP contribution in [0.4, 0.5) is 57.9 Å². The maximum Gasteiger partial charge on any atom is 0.358 e. The monoisotopic (exact) mass is 1560 g/mol. The molecule has 0 bridgehead atoms. The Morgan fingerprint density at radius 3 is 1.17 bits per heavy atom. The van der Waals surface area contributed by atoms with Crippen LogP contribution >= 0.6 is 46.4 Å². The fourth-order valence-corrected chi connectivity index (χ4v) is 11.7. The number of hydrogen-bond acceptors (Lipinski definition) is 17. The van der Waals surface area contributed by atoms with Gasteiger partial charge in [0.25, 0.3) is 0 Å². The number of nitrogens with two attached hydrogens (primary N) is 4. The second-order valence-corrected chi connectivity index (χ2v) is 26.4. The molecule has 0 saturated carbocycles. The number of aromatic nitrogens is 8. The summed E-state index contributed by atoms with van der Waals surface area (Å²) in [6, 6.07) is 27.0. The maximum atomic E-state index is 15.5. The molecule has 0 spiro atoms. The molecule has 0 radical (unpaired) electrons. The highest BCUT2D eigenvalue weighted by Gasteiger charge is 2.32. The zero-order valence-electron chi connectivity index (χ0n) is 57.6. The van der Waals surface area contributed by atoms with Crippen molar-refractivity contribution in [1.29, 1.82) is 0 Å².